The summed E-state index contributed by atoms with van der Waals surface area (Å²) in [6.07, 6.45) is 4.17. The first-order valence-electron chi connectivity index (χ1n) is 9.35. The lowest BCUT2D eigenvalue weighted by atomic mass is 10.1. The van der Waals surface area contributed by atoms with Crippen LogP contribution >= 0.6 is 11.3 Å². The Morgan fingerprint density at radius 3 is 2.76 bits per heavy atom. The number of amides is 1. The average Bonchev–Trinajstić information content (AvgIpc) is 3.37. The lowest BCUT2D eigenvalue weighted by Gasteiger charge is -2.09. The molecule has 1 aromatic carbocycles. The first-order valence-corrected chi connectivity index (χ1v) is 10.2. The second kappa shape index (κ2) is 8.00. The van der Waals surface area contributed by atoms with Gasteiger partial charge in [0.25, 0.3) is 0 Å². The lowest BCUT2D eigenvalue weighted by Crippen LogP contribution is -2.23. The maximum absolute atomic E-state index is 12.9. The summed E-state index contributed by atoms with van der Waals surface area (Å²) in [4.78, 5) is 26.1. The maximum Gasteiger partial charge on any atom is 0.300 e. The van der Waals surface area contributed by atoms with Gasteiger partial charge in [-0.15, -0.1) is 21.5 Å². The molecule has 0 spiro atoms. The van der Waals surface area contributed by atoms with Crippen molar-refractivity contribution in [3.8, 4) is 5.69 Å². The van der Waals surface area contributed by atoms with Gasteiger partial charge in [0, 0.05) is 35.8 Å². The Kier molecular flexibility index (Phi) is 5.26. The molecule has 148 valence electrons. The van der Waals surface area contributed by atoms with Crippen molar-refractivity contribution in [3.05, 3.63) is 80.3 Å². The van der Waals surface area contributed by atoms with E-state index in [-0.39, 0.29) is 23.5 Å². The molecule has 0 atom stereocenters. The molecule has 0 fully saturated rings. The monoisotopic (exact) mass is 407 g/mol. The van der Waals surface area contributed by atoms with Gasteiger partial charge < -0.3 is 5.32 Å². The van der Waals surface area contributed by atoms with Crippen molar-refractivity contribution < 1.29 is 4.79 Å². The second-order valence-corrected chi connectivity index (χ2v) is 7.94. The van der Waals surface area contributed by atoms with Gasteiger partial charge in [-0.2, -0.15) is 0 Å². The van der Waals surface area contributed by atoms with Crippen LogP contribution in [0.2, 0.25) is 0 Å². The molecule has 4 rings (SSSR count). The lowest BCUT2D eigenvalue weighted by molar-refractivity contribution is -0.121. The molecule has 8 heteroatoms. The molecule has 0 bridgehead atoms. The SMILES string of the molecule is Cc1ccc(-n2ccn3c(CCC(=O)NCc4cccs4)nnc3c2=O)cc1C. The summed E-state index contributed by atoms with van der Waals surface area (Å²) in [6, 6.07) is 9.82. The van der Waals surface area contributed by atoms with E-state index in [1.807, 2.05) is 49.6 Å². The maximum atomic E-state index is 12.9. The van der Waals surface area contributed by atoms with E-state index in [0.717, 1.165) is 16.1 Å². The first-order chi connectivity index (χ1) is 14.0. The third-order valence-electron chi connectivity index (χ3n) is 4.93. The average molecular weight is 407 g/mol. The van der Waals surface area contributed by atoms with Gasteiger partial charge in [0.15, 0.2) is 0 Å². The number of benzene rings is 1. The third-order valence-corrected chi connectivity index (χ3v) is 5.80. The van der Waals surface area contributed by atoms with Crippen LogP contribution < -0.4 is 10.9 Å². The number of hydrogen-bond donors (Lipinski definition) is 1. The van der Waals surface area contributed by atoms with E-state index in [0.29, 0.717) is 18.8 Å². The molecule has 0 aliphatic heterocycles. The summed E-state index contributed by atoms with van der Waals surface area (Å²) in [5, 5.41) is 13.1. The van der Waals surface area contributed by atoms with E-state index in [1.54, 1.807) is 32.7 Å². The van der Waals surface area contributed by atoms with Crippen LogP contribution in [0.5, 0.6) is 0 Å². The Hall–Kier alpha value is -3.26. The molecule has 0 aliphatic carbocycles. The van der Waals surface area contributed by atoms with Crippen molar-refractivity contribution in [1.29, 1.82) is 0 Å². The van der Waals surface area contributed by atoms with Crippen LogP contribution in [0.3, 0.4) is 0 Å². The highest BCUT2D eigenvalue weighted by Crippen LogP contribution is 2.13. The first kappa shape index (κ1) is 19.1. The Morgan fingerprint density at radius 1 is 1.14 bits per heavy atom. The van der Waals surface area contributed by atoms with E-state index < -0.39 is 0 Å². The Labute approximate surface area is 171 Å². The molecule has 1 amide bonds. The second-order valence-electron chi connectivity index (χ2n) is 6.91. The molecular weight excluding hydrogens is 386 g/mol. The largest absolute Gasteiger partial charge is 0.351 e. The van der Waals surface area contributed by atoms with Gasteiger partial charge in [-0.1, -0.05) is 12.1 Å². The van der Waals surface area contributed by atoms with E-state index >= 15 is 0 Å². The zero-order valence-corrected chi connectivity index (χ0v) is 17.1. The van der Waals surface area contributed by atoms with Crippen molar-refractivity contribution in [2.45, 2.75) is 33.2 Å². The fourth-order valence-corrected chi connectivity index (χ4v) is 3.74. The molecule has 3 heterocycles. The molecule has 0 radical (unpaired) electrons. The van der Waals surface area contributed by atoms with Crippen LogP contribution in [0.25, 0.3) is 11.3 Å². The topological polar surface area (TPSA) is 81.3 Å². The summed E-state index contributed by atoms with van der Waals surface area (Å²) < 4.78 is 3.22. The highest BCUT2D eigenvalue weighted by molar-refractivity contribution is 7.09. The van der Waals surface area contributed by atoms with Crippen LogP contribution in [-0.4, -0.2) is 25.1 Å². The van der Waals surface area contributed by atoms with Gasteiger partial charge >= 0.3 is 5.56 Å². The molecule has 7 nitrogen and oxygen atoms in total. The third kappa shape index (κ3) is 3.97. The number of thiophene rings is 1. The van der Waals surface area contributed by atoms with Gasteiger partial charge in [0.05, 0.1) is 6.54 Å². The molecule has 0 unspecified atom stereocenters. The quantitative estimate of drug-likeness (QED) is 0.533. The fourth-order valence-electron chi connectivity index (χ4n) is 3.10. The van der Waals surface area contributed by atoms with E-state index in [9.17, 15) is 9.59 Å². The number of rotatable bonds is 6. The fraction of sp³-hybridized carbons (Fsp3) is 0.238. The van der Waals surface area contributed by atoms with E-state index in [4.69, 9.17) is 0 Å². The van der Waals surface area contributed by atoms with Crippen LogP contribution in [-0.2, 0) is 17.8 Å². The Balaban J connectivity index is 1.50. The van der Waals surface area contributed by atoms with Crippen molar-refractivity contribution >= 4 is 22.9 Å². The zero-order chi connectivity index (χ0) is 20.4. The summed E-state index contributed by atoms with van der Waals surface area (Å²) in [7, 11) is 0. The van der Waals surface area contributed by atoms with Crippen LogP contribution in [0.1, 0.15) is 28.2 Å². The van der Waals surface area contributed by atoms with Crippen molar-refractivity contribution in [1.82, 2.24) is 24.5 Å². The molecule has 0 saturated carbocycles. The summed E-state index contributed by atoms with van der Waals surface area (Å²) in [5.41, 5.74) is 3.09. The van der Waals surface area contributed by atoms with Gasteiger partial charge in [0.2, 0.25) is 11.6 Å². The number of carbonyl (C=O) groups is 1. The minimum Gasteiger partial charge on any atom is -0.351 e. The van der Waals surface area contributed by atoms with Gasteiger partial charge in [-0.05, 0) is 48.6 Å². The van der Waals surface area contributed by atoms with Crippen molar-refractivity contribution in [2.75, 3.05) is 0 Å². The zero-order valence-electron chi connectivity index (χ0n) is 16.3. The van der Waals surface area contributed by atoms with E-state index in [1.165, 1.54) is 5.56 Å². The number of fused-ring (bicyclic) bond motifs is 1. The summed E-state index contributed by atoms with van der Waals surface area (Å²) in [6.45, 7) is 4.57. The molecule has 0 aliphatic rings. The van der Waals surface area contributed by atoms with E-state index in [2.05, 4.69) is 15.5 Å². The van der Waals surface area contributed by atoms with Crippen LogP contribution in [0, 0.1) is 13.8 Å². The van der Waals surface area contributed by atoms with Crippen molar-refractivity contribution in [3.63, 3.8) is 0 Å². The molecule has 0 saturated heterocycles. The standard InChI is InChI=1S/C21H21N5O2S/c1-14-5-6-16(12-15(14)2)25-9-10-26-18(23-24-20(26)21(25)28)7-8-19(27)22-13-17-4-3-11-29-17/h3-6,9-12H,7-8,13H2,1-2H3,(H,22,27). The van der Waals surface area contributed by atoms with Crippen LogP contribution in [0.15, 0.2) is 52.9 Å². The van der Waals surface area contributed by atoms with Gasteiger partial charge in [-0.25, -0.2) is 0 Å². The minimum atomic E-state index is -0.239. The van der Waals surface area contributed by atoms with Gasteiger partial charge in [-0.3, -0.25) is 18.6 Å². The number of nitrogens with zero attached hydrogens (tertiary/aromatic N) is 4. The molecular formula is C21H21N5O2S. The summed E-state index contributed by atoms with van der Waals surface area (Å²) in [5.74, 6) is 0.536. The number of nitrogens with one attached hydrogen (secondary N) is 1. The highest BCUT2D eigenvalue weighted by atomic mass is 32.1. The number of hydrogen-bond acceptors (Lipinski definition) is 5. The summed E-state index contributed by atoms with van der Waals surface area (Å²) >= 11 is 1.61. The number of aryl methyl sites for hydroxylation is 3. The van der Waals surface area contributed by atoms with Crippen molar-refractivity contribution in [2.24, 2.45) is 0 Å². The Morgan fingerprint density at radius 2 is 2.00 bits per heavy atom. The molecule has 29 heavy (non-hydrogen) atoms. The normalized spacial score (nSPS) is 11.1. The molecule has 3 aromatic heterocycles. The molecule has 1 N–H and O–H groups in total. The molecule has 4 aromatic rings. The predicted molar refractivity (Wildman–Crippen MR) is 113 cm³/mol. The number of carbonyl (C=O) groups excluding carboxylic acids is 1. The Bertz CT molecular complexity index is 1220. The van der Waals surface area contributed by atoms with Crippen LogP contribution in [0.4, 0.5) is 0 Å². The highest BCUT2D eigenvalue weighted by Gasteiger charge is 2.13. The number of aromatic nitrogens is 4. The minimum absolute atomic E-state index is 0.0568. The predicted octanol–water partition coefficient (Wildman–Crippen LogP) is 2.81. The smallest absolute Gasteiger partial charge is 0.300 e. The van der Waals surface area contributed by atoms with Gasteiger partial charge in [0.1, 0.15) is 5.82 Å².